The molecule has 2 aromatic carbocycles. The van der Waals surface area contributed by atoms with Crippen molar-refractivity contribution in [2.24, 2.45) is 0 Å². The second-order valence-electron chi connectivity index (χ2n) is 3.67. The van der Waals surface area contributed by atoms with E-state index in [1.165, 1.54) is 22.3 Å². The second-order valence-corrected chi connectivity index (χ2v) is 3.67. The number of benzene rings is 2. The summed E-state index contributed by atoms with van der Waals surface area (Å²) < 4.78 is 7.44. The lowest BCUT2D eigenvalue weighted by Crippen LogP contribution is -1.81. The summed E-state index contributed by atoms with van der Waals surface area (Å²) in [7, 11) is 0. The third-order valence-corrected chi connectivity index (χ3v) is 2.27. The van der Waals surface area contributed by atoms with E-state index in [9.17, 15) is 0 Å². The molecule has 2 aromatic rings. The van der Waals surface area contributed by atoms with Crippen LogP contribution in [0.2, 0.25) is 0 Å². The highest BCUT2D eigenvalue weighted by molar-refractivity contribution is 5.64. The van der Waals surface area contributed by atoms with Gasteiger partial charge in [-0.1, -0.05) is 59.6 Å². The van der Waals surface area contributed by atoms with Gasteiger partial charge in [-0.2, -0.15) is 0 Å². The molecular formula is C14H14. The molecule has 0 aliphatic carbocycles. The average molecular weight is 183 g/mol. The Balaban J connectivity index is 2.49. The Morgan fingerprint density at radius 3 is 2.00 bits per heavy atom. The Hall–Kier alpha value is -1.56. The van der Waals surface area contributed by atoms with E-state index in [0.29, 0.717) is 6.04 Å². The van der Waals surface area contributed by atoms with Crippen LogP contribution in [0.1, 0.15) is 12.5 Å². The molecule has 0 spiro atoms. The van der Waals surface area contributed by atoms with Gasteiger partial charge in [-0.3, -0.25) is 0 Å². The van der Waals surface area contributed by atoms with Gasteiger partial charge >= 0.3 is 0 Å². The predicted molar refractivity (Wildman–Crippen MR) is 61.4 cm³/mol. The molecule has 2 rings (SSSR count). The van der Waals surface area contributed by atoms with Gasteiger partial charge in [-0.15, -0.1) is 0 Å². The summed E-state index contributed by atoms with van der Waals surface area (Å²) in [6, 6.07) is 14.7. The van der Waals surface area contributed by atoms with Gasteiger partial charge < -0.3 is 0 Å². The SMILES string of the molecule is [2H]c1ccc(-c2cc(C)cc(C)c2)cc1. The largest absolute Gasteiger partial charge is 0.0623 e. The molecule has 0 saturated carbocycles. The summed E-state index contributed by atoms with van der Waals surface area (Å²) in [4.78, 5) is 0. The molecule has 0 unspecified atom stereocenters. The summed E-state index contributed by atoms with van der Waals surface area (Å²) >= 11 is 0. The summed E-state index contributed by atoms with van der Waals surface area (Å²) in [6.45, 7) is 4.21. The van der Waals surface area contributed by atoms with Crippen molar-refractivity contribution in [1.82, 2.24) is 0 Å². The van der Waals surface area contributed by atoms with Crippen molar-refractivity contribution in [3.8, 4) is 11.1 Å². The van der Waals surface area contributed by atoms with Crippen LogP contribution in [-0.4, -0.2) is 0 Å². The fraction of sp³-hybridized carbons (Fsp3) is 0.143. The van der Waals surface area contributed by atoms with E-state index in [0.717, 1.165) is 0 Å². The molecule has 0 aromatic heterocycles. The number of hydrogen-bond donors (Lipinski definition) is 0. The smallest absolute Gasteiger partial charge is 0.0622 e. The van der Waals surface area contributed by atoms with Gasteiger partial charge in [0.2, 0.25) is 0 Å². The van der Waals surface area contributed by atoms with Crippen LogP contribution < -0.4 is 0 Å². The van der Waals surface area contributed by atoms with Gasteiger partial charge in [0.25, 0.3) is 0 Å². The van der Waals surface area contributed by atoms with Gasteiger partial charge in [0.15, 0.2) is 0 Å². The zero-order valence-electron chi connectivity index (χ0n) is 9.54. The number of rotatable bonds is 1. The molecule has 0 fully saturated rings. The van der Waals surface area contributed by atoms with Gasteiger partial charge in [-0.25, -0.2) is 0 Å². The van der Waals surface area contributed by atoms with Crippen molar-refractivity contribution < 1.29 is 1.37 Å². The van der Waals surface area contributed by atoms with E-state index in [1.54, 1.807) is 0 Å². The van der Waals surface area contributed by atoms with Crippen molar-refractivity contribution >= 4 is 0 Å². The number of aryl methyl sites for hydroxylation is 2. The van der Waals surface area contributed by atoms with Crippen LogP contribution in [-0.2, 0) is 0 Å². The highest BCUT2D eigenvalue weighted by Crippen LogP contribution is 2.21. The Bertz CT molecular complexity index is 449. The highest BCUT2D eigenvalue weighted by atomic mass is 14.0. The van der Waals surface area contributed by atoms with E-state index < -0.39 is 0 Å². The summed E-state index contributed by atoms with van der Waals surface area (Å²) in [6.07, 6.45) is 0. The Labute approximate surface area is 86.6 Å². The first-order valence-corrected chi connectivity index (χ1v) is 4.80. The zero-order chi connectivity index (χ0) is 10.8. The summed E-state index contributed by atoms with van der Waals surface area (Å²) in [5.74, 6) is 0. The van der Waals surface area contributed by atoms with Crippen LogP contribution in [0.25, 0.3) is 11.1 Å². The van der Waals surface area contributed by atoms with Crippen LogP contribution >= 0.6 is 0 Å². The van der Waals surface area contributed by atoms with Gasteiger partial charge in [-0.05, 0) is 25.0 Å². The highest BCUT2D eigenvalue weighted by Gasteiger charge is 1.97. The van der Waals surface area contributed by atoms with Crippen LogP contribution in [0.3, 0.4) is 0 Å². The number of hydrogen-bond acceptors (Lipinski definition) is 0. The fourth-order valence-electron chi connectivity index (χ4n) is 1.72. The standard InChI is InChI=1S/C14H14/c1-11-8-12(2)10-14(9-11)13-6-4-3-5-7-13/h3-10H,1-2H3/i3D. The Kier molecular flexibility index (Phi) is 2.05. The molecule has 0 saturated heterocycles. The zero-order valence-corrected chi connectivity index (χ0v) is 8.54. The Morgan fingerprint density at radius 1 is 0.857 bits per heavy atom. The molecular weight excluding hydrogens is 168 g/mol. The normalized spacial score (nSPS) is 11.1. The molecule has 70 valence electrons. The maximum atomic E-state index is 7.44. The van der Waals surface area contributed by atoms with Crippen molar-refractivity contribution in [3.05, 3.63) is 59.6 Å². The lowest BCUT2D eigenvalue weighted by Gasteiger charge is -2.04. The Morgan fingerprint density at radius 2 is 1.43 bits per heavy atom. The van der Waals surface area contributed by atoms with Gasteiger partial charge in [0.1, 0.15) is 0 Å². The quantitative estimate of drug-likeness (QED) is 0.627. The molecule has 0 aliphatic rings. The van der Waals surface area contributed by atoms with Crippen molar-refractivity contribution in [2.45, 2.75) is 13.8 Å². The molecule has 0 radical (unpaired) electrons. The van der Waals surface area contributed by atoms with E-state index in [2.05, 4.69) is 32.0 Å². The van der Waals surface area contributed by atoms with Crippen LogP contribution in [0, 0.1) is 13.8 Å². The molecule has 0 aliphatic heterocycles. The van der Waals surface area contributed by atoms with Crippen LogP contribution in [0.4, 0.5) is 0 Å². The summed E-state index contributed by atoms with van der Waals surface area (Å²) in [5, 5.41) is 0. The van der Waals surface area contributed by atoms with Crippen molar-refractivity contribution in [3.63, 3.8) is 0 Å². The first-order chi connectivity index (χ1) is 7.15. The minimum absolute atomic E-state index is 0.558. The fourth-order valence-corrected chi connectivity index (χ4v) is 1.72. The molecule has 0 atom stereocenters. The minimum Gasteiger partial charge on any atom is -0.0622 e. The molecule has 0 bridgehead atoms. The lowest BCUT2D eigenvalue weighted by atomic mass is 10.0. The van der Waals surface area contributed by atoms with Crippen molar-refractivity contribution in [1.29, 1.82) is 0 Å². The van der Waals surface area contributed by atoms with Gasteiger partial charge in [0.05, 0.1) is 1.37 Å². The molecule has 0 amide bonds. The summed E-state index contributed by atoms with van der Waals surface area (Å²) in [5.41, 5.74) is 4.96. The first-order valence-electron chi connectivity index (χ1n) is 5.30. The molecule has 14 heavy (non-hydrogen) atoms. The van der Waals surface area contributed by atoms with E-state index in [1.807, 2.05) is 24.3 Å². The van der Waals surface area contributed by atoms with Crippen LogP contribution in [0.5, 0.6) is 0 Å². The maximum absolute atomic E-state index is 7.44. The van der Waals surface area contributed by atoms with Crippen LogP contribution in [0.15, 0.2) is 48.5 Å². The second kappa shape index (κ2) is 3.67. The average Bonchev–Trinajstić information content (AvgIpc) is 2.17. The van der Waals surface area contributed by atoms with Gasteiger partial charge in [0, 0.05) is 0 Å². The van der Waals surface area contributed by atoms with Crippen molar-refractivity contribution in [2.75, 3.05) is 0 Å². The molecule has 0 nitrogen and oxygen atoms in total. The van der Waals surface area contributed by atoms with E-state index >= 15 is 0 Å². The predicted octanol–water partition coefficient (Wildman–Crippen LogP) is 3.97. The van der Waals surface area contributed by atoms with E-state index in [4.69, 9.17) is 1.37 Å². The third kappa shape index (κ3) is 1.85. The first kappa shape index (κ1) is 7.81. The topological polar surface area (TPSA) is 0 Å². The lowest BCUT2D eigenvalue weighted by molar-refractivity contribution is 1.38. The monoisotopic (exact) mass is 183 g/mol. The maximum Gasteiger partial charge on any atom is 0.0623 e. The van der Waals surface area contributed by atoms with E-state index in [-0.39, 0.29) is 0 Å². The minimum atomic E-state index is 0.558. The molecule has 0 N–H and O–H groups in total. The molecule has 0 heteroatoms. The third-order valence-electron chi connectivity index (χ3n) is 2.27. The molecule has 0 heterocycles.